The number of aromatic nitrogens is 2. The van der Waals surface area contributed by atoms with E-state index >= 15 is 0 Å². The van der Waals surface area contributed by atoms with Crippen molar-refractivity contribution >= 4 is 29.1 Å². The first-order valence-corrected chi connectivity index (χ1v) is 6.50. The second-order valence-electron chi connectivity index (χ2n) is 4.35. The Hall–Kier alpha value is -2.38. The third-order valence-corrected chi connectivity index (χ3v) is 3.04. The normalized spacial score (nSPS) is 11.9. The molecule has 0 aliphatic carbocycles. The number of rotatable bonds is 5. The van der Waals surface area contributed by atoms with E-state index in [0.717, 1.165) is 0 Å². The maximum Gasteiger partial charge on any atom is 0.241 e. The van der Waals surface area contributed by atoms with Crippen LogP contribution in [-0.4, -0.2) is 27.6 Å². The average molecular weight is 308 g/mol. The van der Waals surface area contributed by atoms with E-state index in [-0.39, 0.29) is 6.42 Å². The summed E-state index contributed by atoms with van der Waals surface area (Å²) >= 11 is 6.15. The highest BCUT2D eigenvalue weighted by Crippen LogP contribution is 2.28. The van der Waals surface area contributed by atoms with Gasteiger partial charge in [-0.25, -0.2) is 4.68 Å². The van der Waals surface area contributed by atoms with Gasteiger partial charge in [0.1, 0.15) is 5.69 Å². The highest BCUT2D eigenvalue weighted by Gasteiger charge is 2.18. The topological polar surface area (TPSA) is 116 Å². The number of carbonyl (C=O) groups excluding carboxylic acids is 2. The number of primary amides is 1. The van der Waals surface area contributed by atoms with Gasteiger partial charge in [-0.1, -0.05) is 17.7 Å². The van der Waals surface area contributed by atoms with Crippen molar-refractivity contribution in [1.29, 1.82) is 0 Å². The van der Waals surface area contributed by atoms with E-state index in [1.54, 1.807) is 36.7 Å². The van der Waals surface area contributed by atoms with E-state index in [1.165, 1.54) is 4.68 Å². The Balaban J connectivity index is 2.27. The van der Waals surface area contributed by atoms with Crippen LogP contribution in [0.25, 0.3) is 5.69 Å². The predicted molar refractivity (Wildman–Crippen MR) is 79.0 cm³/mol. The van der Waals surface area contributed by atoms with Gasteiger partial charge in [0.2, 0.25) is 11.8 Å². The maximum absolute atomic E-state index is 12.0. The van der Waals surface area contributed by atoms with Crippen molar-refractivity contribution < 1.29 is 9.59 Å². The third kappa shape index (κ3) is 3.59. The second-order valence-corrected chi connectivity index (χ2v) is 4.76. The molecule has 5 N–H and O–H groups in total. The van der Waals surface area contributed by atoms with Gasteiger partial charge in [-0.3, -0.25) is 9.59 Å². The number of halogens is 1. The summed E-state index contributed by atoms with van der Waals surface area (Å²) in [7, 11) is 0. The van der Waals surface area contributed by atoms with Gasteiger partial charge in [0.05, 0.1) is 23.2 Å². The lowest BCUT2D eigenvalue weighted by Crippen LogP contribution is -2.39. The summed E-state index contributed by atoms with van der Waals surface area (Å²) in [4.78, 5) is 22.8. The minimum Gasteiger partial charge on any atom is -0.370 e. The molecule has 0 bridgehead atoms. The van der Waals surface area contributed by atoms with Gasteiger partial charge in [0.15, 0.2) is 0 Å². The molecule has 1 heterocycles. The molecule has 0 aliphatic rings. The van der Waals surface area contributed by atoms with Gasteiger partial charge in [0.25, 0.3) is 0 Å². The van der Waals surface area contributed by atoms with Crippen LogP contribution in [0.3, 0.4) is 0 Å². The maximum atomic E-state index is 12.0. The molecule has 0 saturated heterocycles. The number of nitrogens with two attached hydrogens (primary N) is 2. The first-order chi connectivity index (χ1) is 9.99. The Bertz CT molecular complexity index is 657. The fraction of sp³-hybridized carbons (Fsp3) is 0.154. The third-order valence-electron chi connectivity index (χ3n) is 2.74. The molecule has 21 heavy (non-hydrogen) atoms. The van der Waals surface area contributed by atoms with E-state index < -0.39 is 17.9 Å². The van der Waals surface area contributed by atoms with Crippen molar-refractivity contribution in [2.75, 3.05) is 5.32 Å². The summed E-state index contributed by atoms with van der Waals surface area (Å²) in [5.41, 5.74) is 11.6. The Morgan fingerprint density at radius 3 is 2.76 bits per heavy atom. The minimum atomic E-state index is -1.02. The molecule has 8 heteroatoms. The molecule has 1 aromatic heterocycles. The fourth-order valence-electron chi connectivity index (χ4n) is 1.79. The van der Waals surface area contributed by atoms with Gasteiger partial charge >= 0.3 is 0 Å². The van der Waals surface area contributed by atoms with Crippen LogP contribution < -0.4 is 16.8 Å². The molecule has 2 rings (SSSR count). The summed E-state index contributed by atoms with van der Waals surface area (Å²) in [5.74, 6) is -1.17. The lowest BCUT2D eigenvalue weighted by molar-refractivity contribution is -0.123. The van der Waals surface area contributed by atoms with Crippen LogP contribution in [-0.2, 0) is 9.59 Å². The van der Waals surface area contributed by atoms with Crippen molar-refractivity contribution in [1.82, 2.24) is 9.78 Å². The summed E-state index contributed by atoms with van der Waals surface area (Å²) in [6, 6.07) is 5.74. The molecular formula is C13H14ClN5O2. The van der Waals surface area contributed by atoms with Crippen molar-refractivity contribution in [2.24, 2.45) is 11.5 Å². The Labute approximate surface area is 125 Å². The van der Waals surface area contributed by atoms with Crippen molar-refractivity contribution in [3.05, 3.63) is 41.7 Å². The smallest absolute Gasteiger partial charge is 0.241 e. The Morgan fingerprint density at radius 2 is 2.14 bits per heavy atom. The van der Waals surface area contributed by atoms with Crippen LogP contribution in [0.2, 0.25) is 5.02 Å². The highest BCUT2D eigenvalue weighted by molar-refractivity contribution is 6.33. The molecule has 7 nitrogen and oxygen atoms in total. The van der Waals surface area contributed by atoms with Crippen LogP contribution >= 0.6 is 11.6 Å². The molecule has 1 aromatic carbocycles. The molecule has 1 unspecified atom stereocenters. The van der Waals surface area contributed by atoms with Gasteiger partial charge in [-0.15, -0.1) is 0 Å². The zero-order chi connectivity index (χ0) is 15.4. The molecule has 0 radical (unpaired) electrons. The minimum absolute atomic E-state index is 0.233. The number of amides is 2. The number of benzene rings is 1. The SMILES string of the molecule is NC(=O)CC(N)C(=O)Nc1cccc(Cl)c1-n1cccn1. The standard InChI is InChI=1S/C13H14ClN5O2/c14-8-3-1-4-10(12(8)19-6-2-5-17-19)18-13(21)9(15)7-11(16)20/h1-6,9H,7,15H2,(H2,16,20)(H,18,21). The molecule has 2 aromatic rings. The number of hydrogen-bond acceptors (Lipinski definition) is 4. The van der Waals surface area contributed by atoms with Gasteiger partial charge < -0.3 is 16.8 Å². The first-order valence-electron chi connectivity index (χ1n) is 6.12. The van der Waals surface area contributed by atoms with Crippen LogP contribution in [0.1, 0.15) is 6.42 Å². The average Bonchev–Trinajstić information content (AvgIpc) is 2.91. The molecule has 0 saturated carbocycles. The molecule has 0 spiro atoms. The van der Waals surface area contributed by atoms with Crippen LogP contribution in [0.15, 0.2) is 36.7 Å². The van der Waals surface area contributed by atoms with Crippen LogP contribution in [0, 0.1) is 0 Å². The Kier molecular flexibility index (Phi) is 4.56. The molecule has 2 amide bonds. The molecule has 0 fully saturated rings. The molecule has 110 valence electrons. The van der Waals surface area contributed by atoms with E-state index in [0.29, 0.717) is 16.4 Å². The van der Waals surface area contributed by atoms with E-state index in [4.69, 9.17) is 23.1 Å². The largest absolute Gasteiger partial charge is 0.370 e. The van der Waals surface area contributed by atoms with E-state index in [2.05, 4.69) is 10.4 Å². The number of carbonyl (C=O) groups is 2. The summed E-state index contributed by atoms with van der Waals surface area (Å²) in [5, 5.41) is 7.13. The van der Waals surface area contributed by atoms with Gasteiger partial charge in [0, 0.05) is 12.4 Å². The zero-order valence-corrected chi connectivity index (χ0v) is 11.7. The van der Waals surface area contributed by atoms with Gasteiger partial charge in [-0.2, -0.15) is 5.10 Å². The number of hydrogen-bond donors (Lipinski definition) is 3. The van der Waals surface area contributed by atoms with Crippen molar-refractivity contribution in [3.63, 3.8) is 0 Å². The second kappa shape index (κ2) is 6.38. The zero-order valence-electron chi connectivity index (χ0n) is 11.0. The predicted octanol–water partition coefficient (Wildman–Crippen LogP) is 0.667. The van der Waals surface area contributed by atoms with E-state index in [9.17, 15) is 9.59 Å². The monoisotopic (exact) mass is 307 g/mol. The van der Waals surface area contributed by atoms with Crippen LogP contribution in [0.5, 0.6) is 0 Å². The number of anilines is 1. The Morgan fingerprint density at radius 1 is 1.38 bits per heavy atom. The first kappa shape index (κ1) is 15.0. The van der Waals surface area contributed by atoms with Gasteiger partial charge in [-0.05, 0) is 18.2 Å². The summed E-state index contributed by atoms with van der Waals surface area (Å²) in [6.07, 6.45) is 3.05. The lowest BCUT2D eigenvalue weighted by atomic mass is 10.2. The number of nitrogens with zero attached hydrogens (tertiary/aromatic N) is 2. The van der Waals surface area contributed by atoms with Crippen LogP contribution in [0.4, 0.5) is 5.69 Å². The molecular weight excluding hydrogens is 294 g/mol. The lowest BCUT2D eigenvalue weighted by Gasteiger charge is -2.15. The van der Waals surface area contributed by atoms with Crippen molar-refractivity contribution in [2.45, 2.75) is 12.5 Å². The quantitative estimate of drug-likeness (QED) is 0.752. The number of para-hydroxylation sites is 1. The van der Waals surface area contributed by atoms with Crippen molar-refractivity contribution in [3.8, 4) is 5.69 Å². The molecule has 1 atom stereocenters. The summed E-state index contributed by atoms with van der Waals surface area (Å²) < 4.78 is 1.53. The fourth-order valence-corrected chi connectivity index (χ4v) is 2.05. The van der Waals surface area contributed by atoms with E-state index in [1.807, 2.05) is 0 Å². The molecule has 0 aliphatic heterocycles. The summed E-state index contributed by atoms with van der Waals surface area (Å²) in [6.45, 7) is 0. The number of nitrogens with one attached hydrogen (secondary N) is 1. The highest BCUT2D eigenvalue weighted by atomic mass is 35.5.